The summed E-state index contributed by atoms with van der Waals surface area (Å²) in [5, 5.41) is 3.56. The number of rotatable bonds is 8. The molecular weight excluding hydrogens is 530 g/mol. The van der Waals surface area contributed by atoms with Crippen LogP contribution in [0.5, 0.6) is 0 Å². The van der Waals surface area contributed by atoms with Crippen molar-refractivity contribution >= 4 is 24.1 Å². The Balaban J connectivity index is 1.23. The molecule has 0 radical (unpaired) electrons. The highest BCUT2D eigenvalue weighted by Crippen LogP contribution is 2.44. The van der Waals surface area contributed by atoms with Crippen molar-refractivity contribution in [1.29, 1.82) is 0 Å². The molecule has 0 spiro atoms. The average Bonchev–Trinajstić information content (AvgIpc) is 3.34. The third-order valence-electron chi connectivity index (χ3n) is 7.24. The van der Waals surface area contributed by atoms with E-state index >= 15 is 0 Å². The Morgan fingerprint density at radius 2 is 1.66 bits per heavy atom. The van der Waals surface area contributed by atoms with Crippen LogP contribution in [0.1, 0.15) is 38.5 Å². The van der Waals surface area contributed by atoms with Crippen molar-refractivity contribution in [3.8, 4) is 22.3 Å². The number of aryl methyl sites for hydroxylation is 1. The largest absolute Gasteiger partial charge is 0.449 e. The van der Waals surface area contributed by atoms with E-state index in [0.717, 1.165) is 33.4 Å². The molecule has 6 nitrogen and oxygen atoms in total. The molecule has 5 aromatic rings. The van der Waals surface area contributed by atoms with E-state index in [1.807, 2.05) is 55.6 Å². The van der Waals surface area contributed by atoms with Gasteiger partial charge in [0.05, 0.1) is 0 Å². The number of carbonyl (C=O) groups excluding carboxylic acids is 2. The zero-order valence-corrected chi connectivity index (χ0v) is 23.2. The van der Waals surface area contributed by atoms with Crippen molar-refractivity contribution in [2.75, 3.05) is 6.61 Å². The molecule has 2 aromatic heterocycles. The van der Waals surface area contributed by atoms with Crippen LogP contribution in [0.25, 0.3) is 22.3 Å². The zero-order valence-electron chi connectivity index (χ0n) is 22.4. The lowest BCUT2D eigenvalue weighted by atomic mass is 9.98. The van der Waals surface area contributed by atoms with E-state index in [1.165, 1.54) is 34.0 Å². The van der Waals surface area contributed by atoms with Gasteiger partial charge in [0.1, 0.15) is 11.6 Å². The van der Waals surface area contributed by atoms with Crippen molar-refractivity contribution in [2.24, 2.45) is 0 Å². The van der Waals surface area contributed by atoms with Gasteiger partial charge in [-0.05, 0) is 70.1 Å². The van der Waals surface area contributed by atoms with E-state index in [0.29, 0.717) is 10.6 Å². The molecular formula is C34H27N3O3S. The van der Waals surface area contributed by atoms with E-state index in [-0.39, 0.29) is 19.1 Å². The fourth-order valence-electron chi connectivity index (χ4n) is 5.32. The number of amides is 1. The monoisotopic (exact) mass is 557 g/mol. The van der Waals surface area contributed by atoms with Crippen LogP contribution >= 0.6 is 11.8 Å². The van der Waals surface area contributed by atoms with Gasteiger partial charge in [0.15, 0.2) is 6.29 Å². The maximum absolute atomic E-state index is 13.0. The fraction of sp³-hybridized carbons (Fsp3) is 0.118. The predicted molar refractivity (Wildman–Crippen MR) is 160 cm³/mol. The Bertz CT molecular complexity index is 1690. The summed E-state index contributed by atoms with van der Waals surface area (Å²) < 4.78 is 5.78. The standard InChI is InChI=1S/C34H27N3O3S/c1-22-16-25(23-8-6-14-35-18-23)17-26(32(22)41-33-24(20-38)9-7-15-36-33)19-37-34(39)40-21-31-29-12-4-2-10-27(29)28-11-3-5-13-30(28)31/h2-18,20,31H,19,21H2,1H3,(H,37,39). The smallest absolute Gasteiger partial charge is 0.407 e. The van der Waals surface area contributed by atoms with Crippen molar-refractivity contribution in [1.82, 2.24) is 15.3 Å². The fourth-order valence-corrected chi connectivity index (χ4v) is 6.34. The average molecular weight is 558 g/mol. The SMILES string of the molecule is Cc1cc(-c2cccnc2)cc(CNC(=O)OCC2c3ccccc3-c3ccccc32)c1Sc1ncccc1C=O. The third kappa shape index (κ3) is 5.49. The van der Waals surface area contributed by atoms with Crippen LogP contribution in [0.2, 0.25) is 0 Å². The molecule has 1 aliphatic rings. The first-order chi connectivity index (χ1) is 20.1. The van der Waals surface area contributed by atoms with Crippen LogP contribution in [0, 0.1) is 6.92 Å². The van der Waals surface area contributed by atoms with Crippen LogP contribution in [0.3, 0.4) is 0 Å². The number of aromatic nitrogens is 2. The Kier molecular flexibility index (Phi) is 7.60. The van der Waals surface area contributed by atoms with Gasteiger partial charge in [-0.25, -0.2) is 9.78 Å². The number of hydrogen-bond donors (Lipinski definition) is 1. The minimum Gasteiger partial charge on any atom is -0.449 e. The summed E-state index contributed by atoms with van der Waals surface area (Å²) in [4.78, 5) is 34.3. The highest BCUT2D eigenvalue weighted by atomic mass is 32.2. The summed E-state index contributed by atoms with van der Waals surface area (Å²) in [6.45, 7) is 2.51. The van der Waals surface area contributed by atoms with Gasteiger partial charge in [0, 0.05) is 47.1 Å². The highest BCUT2D eigenvalue weighted by Gasteiger charge is 2.29. The molecule has 0 fully saturated rings. The Labute approximate surface area is 242 Å². The number of nitrogens with zero attached hydrogens (tertiary/aromatic N) is 2. The lowest BCUT2D eigenvalue weighted by molar-refractivity contribution is 0.112. The van der Waals surface area contributed by atoms with Crippen molar-refractivity contribution in [2.45, 2.75) is 29.3 Å². The van der Waals surface area contributed by atoms with Crippen LogP contribution in [-0.2, 0) is 11.3 Å². The number of hydrogen-bond acceptors (Lipinski definition) is 6. The third-order valence-corrected chi connectivity index (χ3v) is 8.56. The lowest BCUT2D eigenvalue weighted by Gasteiger charge is -2.17. The zero-order chi connectivity index (χ0) is 28.2. The van der Waals surface area contributed by atoms with Crippen LogP contribution in [0.4, 0.5) is 4.79 Å². The molecule has 1 amide bonds. The number of aldehydes is 1. The summed E-state index contributed by atoms with van der Waals surface area (Å²) in [5.41, 5.74) is 9.08. The second kappa shape index (κ2) is 11.8. The Morgan fingerprint density at radius 1 is 0.927 bits per heavy atom. The van der Waals surface area contributed by atoms with Gasteiger partial charge in [0.25, 0.3) is 0 Å². The number of ether oxygens (including phenoxy) is 1. The first-order valence-corrected chi connectivity index (χ1v) is 14.1. The molecule has 7 heteroatoms. The number of carbonyl (C=O) groups is 2. The molecule has 0 aliphatic heterocycles. The van der Waals surface area contributed by atoms with Crippen LogP contribution in [0.15, 0.2) is 113 Å². The molecule has 0 saturated carbocycles. The van der Waals surface area contributed by atoms with Gasteiger partial charge in [-0.3, -0.25) is 9.78 Å². The second-order valence-electron chi connectivity index (χ2n) is 9.82. The summed E-state index contributed by atoms with van der Waals surface area (Å²) in [7, 11) is 0. The van der Waals surface area contributed by atoms with E-state index in [1.54, 1.807) is 24.5 Å². The highest BCUT2D eigenvalue weighted by molar-refractivity contribution is 7.99. The van der Waals surface area contributed by atoms with E-state index < -0.39 is 6.09 Å². The first-order valence-electron chi connectivity index (χ1n) is 13.3. The summed E-state index contributed by atoms with van der Waals surface area (Å²) in [5.74, 6) is -0.0127. The second-order valence-corrected chi connectivity index (χ2v) is 10.8. The number of benzene rings is 3. The predicted octanol–water partition coefficient (Wildman–Crippen LogP) is 7.45. The molecule has 41 heavy (non-hydrogen) atoms. The molecule has 1 N–H and O–H groups in total. The van der Waals surface area contributed by atoms with Crippen molar-refractivity contribution in [3.05, 3.63) is 131 Å². The maximum atomic E-state index is 13.0. The number of alkyl carbamates (subject to hydrolysis) is 1. The Morgan fingerprint density at radius 3 is 2.37 bits per heavy atom. The topological polar surface area (TPSA) is 81.2 Å². The molecule has 6 rings (SSSR count). The van der Waals surface area contributed by atoms with Crippen LogP contribution in [-0.4, -0.2) is 29.0 Å². The lowest BCUT2D eigenvalue weighted by Crippen LogP contribution is -2.26. The number of pyridine rings is 2. The number of fused-ring (bicyclic) bond motifs is 3. The normalized spacial score (nSPS) is 11.9. The summed E-state index contributed by atoms with van der Waals surface area (Å²) in [6, 6.07) is 28.0. The van der Waals surface area contributed by atoms with Gasteiger partial charge >= 0.3 is 6.09 Å². The Hall–Kier alpha value is -4.75. The molecule has 0 saturated heterocycles. The van der Waals surface area contributed by atoms with Gasteiger partial charge in [-0.15, -0.1) is 0 Å². The minimum absolute atomic E-state index is 0.0127. The number of nitrogens with one attached hydrogen (secondary N) is 1. The van der Waals surface area contributed by atoms with Gasteiger partial charge in [-0.1, -0.05) is 72.4 Å². The maximum Gasteiger partial charge on any atom is 0.407 e. The van der Waals surface area contributed by atoms with Gasteiger partial charge in [0.2, 0.25) is 0 Å². The van der Waals surface area contributed by atoms with Crippen molar-refractivity contribution in [3.63, 3.8) is 0 Å². The molecule has 0 unspecified atom stereocenters. The molecule has 0 bridgehead atoms. The summed E-state index contributed by atoms with van der Waals surface area (Å²) >= 11 is 1.42. The van der Waals surface area contributed by atoms with Crippen LogP contribution < -0.4 is 5.32 Å². The first kappa shape index (κ1) is 26.5. The minimum atomic E-state index is -0.487. The van der Waals surface area contributed by atoms with Gasteiger partial charge in [-0.2, -0.15) is 0 Å². The summed E-state index contributed by atoms with van der Waals surface area (Å²) in [6.07, 6.45) is 5.54. The molecule has 202 valence electrons. The molecule has 3 aromatic carbocycles. The molecule has 1 aliphatic carbocycles. The van der Waals surface area contributed by atoms with Crippen molar-refractivity contribution < 1.29 is 14.3 Å². The van der Waals surface area contributed by atoms with E-state index in [4.69, 9.17) is 4.74 Å². The molecule has 0 atom stereocenters. The van der Waals surface area contributed by atoms with Gasteiger partial charge < -0.3 is 10.1 Å². The van der Waals surface area contributed by atoms with E-state index in [2.05, 4.69) is 45.6 Å². The van der Waals surface area contributed by atoms with E-state index in [9.17, 15) is 9.59 Å². The molecule has 2 heterocycles. The quantitative estimate of drug-likeness (QED) is 0.200.